The van der Waals surface area contributed by atoms with E-state index in [1.807, 2.05) is 34.5 Å². The fourth-order valence-corrected chi connectivity index (χ4v) is 5.09. The van der Waals surface area contributed by atoms with Crippen LogP contribution in [0.5, 0.6) is 0 Å². The molecule has 0 radical (unpaired) electrons. The highest BCUT2D eigenvalue weighted by Gasteiger charge is 2.24. The summed E-state index contributed by atoms with van der Waals surface area (Å²) in [6.07, 6.45) is 5.66. The number of rotatable bonds is 4. The highest BCUT2D eigenvalue weighted by Crippen LogP contribution is 2.28. The second-order valence-corrected chi connectivity index (χ2v) is 8.57. The van der Waals surface area contributed by atoms with Crippen LogP contribution in [0.1, 0.15) is 5.69 Å². The second-order valence-electron chi connectivity index (χ2n) is 6.75. The van der Waals surface area contributed by atoms with Gasteiger partial charge in [-0.1, -0.05) is 11.3 Å². The first-order valence-corrected chi connectivity index (χ1v) is 11.0. The molecule has 0 N–H and O–H groups in total. The summed E-state index contributed by atoms with van der Waals surface area (Å²) in [5.41, 5.74) is 2.73. The summed E-state index contributed by atoms with van der Waals surface area (Å²) in [5, 5.41) is 3.84. The van der Waals surface area contributed by atoms with Crippen LogP contribution in [-0.2, 0) is 11.2 Å². The number of thiazole rings is 2. The monoisotopic (exact) mass is 422 g/mol. The molecule has 4 aromatic heterocycles. The Morgan fingerprint density at radius 1 is 1.07 bits per heavy atom. The number of carbonyl (C=O) groups excluding carboxylic acids is 1. The van der Waals surface area contributed by atoms with Gasteiger partial charge in [0, 0.05) is 55.7 Å². The van der Waals surface area contributed by atoms with Gasteiger partial charge in [0.2, 0.25) is 5.91 Å². The first kappa shape index (κ1) is 18.1. The summed E-state index contributed by atoms with van der Waals surface area (Å²) >= 11 is 3.15. The molecule has 1 aliphatic heterocycles. The second kappa shape index (κ2) is 7.84. The predicted octanol–water partition coefficient (Wildman–Crippen LogP) is 3.10. The zero-order chi connectivity index (χ0) is 19.6. The summed E-state index contributed by atoms with van der Waals surface area (Å²) in [5.74, 6) is 0.124. The number of carbonyl (C=O) groups is 1. The van der Waals surface area contributed by atoms with E-state index in [1.165, 1.54) is 0 Å². The van der Waals surface area contributed by atoms with E-state index in [9.17, 15) is 4.79 Å². The van der Waals surface area contributed by atoms with Gasteiger partial charge >= 0.3 is 0 Å². The summed E-state index contributed by atoms with van der Waals surface area (Å²) < 4.78 is 0. The normalized spacial score (nSPS) is 14.5. The van der Waals surface area contributed by atoms with Crippen molar-refractivity contribution >= 4 is 44.1 Å². The Bertz CT molecular complexity index is 1100. The van der Waals surface area contributed by atoms with Crippen molar-refractivity contribution in [3.63, 3.8) is 0 Å². The Morgan fingerprint density at radius 3 is 2.72 bits per heavy atom. The topological polar surface area (TPSA) is 75.1 Å². The van der Waals surface area contributed by atoms with E-state index < -0.39 is 0 Å². The molecule has 1 aliphatic rings. The fraction of sp³-hybridized carbons (Fsp3) is 0.250. The van der Waals surface area contributed by atoms with Gasteiger partial charge in [-0.25, -0.2) is 15.0 Å². The van der Waals surface area contributed by atoms with Crippen LogP contribution >= 0.6 is 22.7 Å². The largest absolute Gasteiger partial charge is 0.344 e. The van der Waals surface area contributed by atoms with Crippen LogP contribution in [0.15, 0.2) is 48.2 Å². The van der Waals surface area contributed by atoms with Crippen molar-refractivity contribution in [3.05, 3.63) is 53.9 Å². The first-order valence-electron chi connectivity index (χ1n) is 9.35. The number of piperazine rings is 1. The Kier molecular flexibility index (Phi) is 4.91. The number of fused-ring (bicyclic) bond motifs is 1. The highest BCUT2D eigenvalue weighted by atomic mass is 32.1. The fourth-order valence-electron chi connectivity index (χ4n) is 3.32. The van der Waals surface area contributed by atoms with Gasteiger partial charge in [-0.2, -0.15) is 0 Å². The minimum atomic E-state index is 0.124. The van der Waals surface area contributed by atoms with Crippen LogP contribution in [0.25, 0.3) is 20.9 Å². The van der Waals surface area contributed by atoms with E-state index in [4.69, 9.17) is 0 Å². The third-order valence-corrected chi connectivity index (χ3v) is 6.83. The zero-order valence-electron chi connectivity index (χ0n) is 15.6. The molecule has 0 aliphatic carbocycles. The predicted molar refractivity (Wildman–Crippen MR) is 115 cm³/mol. The number of pyridine rings is 2. The quantitative estimate of drug-likeness (QED) is 0.503. The lowest BCUT2D eigenvalue weighted by molar-refractivity contribution is -0.130. The van der Waals surface area contributed by atoms with Gasteiger partial charge in [0.05, 0.1) is 12.1 Å². The van der Waals surface area contributed by atoms with E-state index in [-0.39, 0.29) is 5.91 Å². The van der Waals surface area contributed by atoms with Crippen molar-refractivity contribution in [1.82, 2.24) is 24.8 Å². The number of anilines is 1. The van der Waals surface area contributed by atoms with Crippen molar-refractivity contribution in [3.8, 4) is 10.6 Å². The average molecular weight is 423 g/mol. The van der Waals surface area contributed by atoms with Crippen molar-refractivity contribution in [2.45, 2.75) is 6.42 Å². The molecule has 0 atom stereocenters. The molecule has 1 fully saturated rings. The number of aromatic nitrogens is 4. The van der Waals surface area contributed by atoms with Gasteiger partial charge in [-0.3, -0.25) is 9.78 Å². The van der Waals surface area contributed by atoms with Crippen LogP contribution in [0.3, 0.4) is 0 Å². The first-order chi connectivity index (χ1) is 14.3. The minimum Gasteiger partial charge on any atom is -0.344 e. The molecule has 5 rings (SSSR count). The zero-order valence-corrected chi connectivity index (χ0v) is 17.2. The molecule has 7 nitrogen and oxygen atoms in total. The Balaban J connectivity index is 1.20. The van der Waals surface area contributed by atoms with Crippen molar-refractivity contribution in [1.29, 1.82) is 0 Å². The molecule has 4 aromatic rings. The van der Waals surface area contributed by atoms with Gasteiger partial charge in [-0.15, -0.1) is 11.3 Å². The molecule has 29 heavy (non-hydrogen) atoms. The minimum absolute atomic E-state index is 0.124. The number of hydrogen-bond acceptors (Lipinski definition) is 8. The van der Waals surface area contributed by atoms with Gasteiger partial charge < -0.3 is 9.80 Å². The van der Waals surface area contributed by atoms with Gasteiger partial charge in [0.1, 0.15) is 15.4 Å². The third kappa shape index (κ3) is 3.83. The van der Waals surface area contributed by atoms with E-state index in [2.05, 4.69) is 24.8 Å². The number of amides is 1. The van der Waals surface area contributed by atoms with Gasteiger partial charge in [-0.05, 0) is 24.3 Å². The molecule has 0 aromatic carbocycles. The Morgan fingerprint density at radius 2 is 1.93 bits per heavy atom. The number of nitrogens with zero attached hydrogens (tertiary/aromatic N) is 6. The van der Waals surface area contributed by atoms with Crippen LogP contribution < -0.4 is 4.90 Å². The lowest BCUT2D eigenvalue weighted by atomic mass is 10.2. The van der Waals surface area contributed by atoms with E-state index >= 15 is 0 Å². The maximum absolute atomic E-state index is 12.7. The van der Waals surface area contributed by atoms with Crippen molar-refractivity contribution < 1.29 is 4.79 Å². The average Bonchev–Trinajstić information content (AvgIpc) is 3.41. The molecule has 0 spiro atoms. The SMILES string of the molecule is O=C(Cc1csc(-c2cccnc2)n1)N1CCN(c2nc3cccnc3s2)CC1. The third-order valence-electron chi connectivity index (χ3n) is 4.85. The van der Waals surface area contributed by atoms with Crippen molar-refractivity contribution in [2.24, 2.45) is 0 Å². The Labute approximate surface area is 175 Å². The summed E-state index contributed by atoms with van der Waals surface area (Å²) in [6, 6.07) is 7.76. The molecule has 5 heterocycles. The molecule has 0 bridgehead atoms. The summed E-state index contributed by atoms with van der Waals surface area (Å²) in [6.45, 7) is 2.96. The standard InChI is InChI=1S/C20H18N6OS2/c27-17(11-15-13-28-18(23-15)14-3-1-5-21-12-14)25-7-9-26(10-8-25)20-24-16-4-2-6-22-19(16)29-20/h1-6,12-13H,7-11H2. The molecular formula is C20H18N6OS2. The lowest BCUT2D eigenvalue weighted by Crippen LogP contribution is -2.49. The Hall–Kier alpha value is -2.91. The molecule has 0 unspecified atom stereocenters. The van der Waals surface area contributed by atoms with Gasteiger partial charge in [0.25, 0.3) is 0 Å². The van der Waals surface area contributed by atoms with E-state index in [1.54, 1.807) is 41.3 Å². The molecule has 0 saturated carbocycles. The molecule has 1 saturated heterocycles. The van der Waals surface area contributed by atoms with Crippen molar-refractivity contribution in [2.75, 3.05) is 31.1 Å². The van der Waals surface area contributed by atoms with E-state index in [0.29, 0.717) is 19.5 Å². The van der Waals surface area contributed by atoms with Crippen LogP contribution in [0.2, 0.25) is 0 Å². The molecule has 1 amide bonds. The summed E-state index contributed by atoms with van der Waals surface area (Å²) in [7, 11) is 0. The van der Waals surface area contributed by atoms with Crippen LogP contribution in [0.4, 0.5) is 5.13 Å². The molecule has 146 valence electrons. The van der Waals surface area contributed by atoms with Crippen LogP contribution in [0, 0.1) is 0 Å². The number of hydrogen-bond donors (Lipinski definition) is 0. The maximum atomic E-state index is 12.7. The molecular weight excluding hydrogens is 404 g/mol. The maximum Gasteiger partial charge on any atom is 0.228 e. The smallest absolute Gasteiger partial charge is 0.228 e. The van der Waals surface area contributed by atoms with E-state index in [0.717, 1.165) is 44.8 Å². The highest BCUT2D eigenvalue weighted by molar-refractivity contribution is 7.21. The molecule has 9 heteroatoms. The lowest BCUT2D eigenvalue weighted by Gasteiger charge is -2.34. The summed E-state index contributed by atoms with van der Waals surface area (Å²) in [4.78, 5) is 35.6. The van der Waals surface area contributed by atoms with Crippen LogP contribution in [-0.4, -0.2) is 56.9 Å². The van der Waals surface area contributed by atoms with Gasteiger partial charge in [0.15, 0.2) is 5.13 Å².